The molecule has 2 amide bonds. The number of carbonyl (C=O) groups is 2. The van der Waals surface area contributed by atoms with Gasteiger partial charge in [0.15, 0.2) is 0 Å². The molecule has 4 heterocycles. The summed E-state index contributed by atoms with van der Waals surface area (Å²) in [5.41, 5.74) is 3.53. The van der Waals surface area contributed by atoms with E-state index in [0.717, 1.165) is 47.3 Å². The molecule has 2 N–H and O–H groups in total. The molecular formula is C32H43F3N6O4. The molecule has 0 unspecified atom stereocenters. The van der Waals surface area contributed by atoms with Gasteiger partial charge >= 0.3 is 12.3 Å². The number of alkyl halides is 3. The highest BCUT2D eigenvalue weighted by molar-refractivity contribution is 5.93. The number of H-pyrrole nitrogens is 1. The zero-order chi connectivity index (χ0) is 32.8. The zero-order valence-electron chi connectivity index (χ0n) is 26.5. The Kier molecular flexibility index (Phi) is 11.1. The first-order valence-electron chi connectivity index (χ1n) is 15.2. The van der Waals surface area contributed by atoms with Crippen molar-refractivity contribution in [3.8, 4) is 11.1 Å². The number of amides is 2. The molecule has 1 atom stereocenters. The van der Waals surface area contributed by atoms with Gasteiger partial charge in [-0.3, -0.25) is 14.7 Å². The topological polar surface area (TPSA) is 113 Å². The lowest BCUT2D eigenvalue weighted by Gasteiger charge is -2.35. The van der Waals surface area contributed by atoms with Crippen LogP contribution in [0.5, 0.6) is 0 Å². The normalized spacial score (nSPS) is 15.4. The van der Waals surface area contributed by atoms with E-state index >= 15 is 0 Å². The number of hydrogen-bond acceptors (Lipinski definition) is 7. The van der Waals surface area contributed by atoms with Gasteiger partial charge in [-0.25, -0.2) is 9.78 Å². The Hall–Kier alpha value is -3.71. The minimum absolute atomic E-state index is 0.163. The van der Waals surface area contributed by atoms with Crippen molar-refractivity contribution in [2.75, 3.05) is 45.9 Å². The maximum Gasteiger partial charge on any atom is 0.410 e. The molecule has 0 aromatic carbocycles. The fraction of sp³-hybridized carbons (Fsp3) is 0.562. The highest BCUT2D eigenvalue weighted by Gasteiger charge is 2.31. The molecule has 3 aromatic rings. The van der Waals surface area contributed by atoms with Crippen LogP contribution in [0.4, 0.5) is 18.0 Å². The Morgan fingerprint density at radius 3 is 2.44 bits per heavy atom. The van der Waals surface area contributed by atoms with E-state index < -0.39 is 30.1 Å². The fourth-order valence-electron chi connectivity index (χ4n) is 5.18. The molecule has 10 nitrogen and oxygen atoms in total. The lowest BCUT2D eigenvalue weighted by molar-refractivity contribution is -0.141. The van der Waals surface area contributed by atoms with Crippen LogP contribution >= 0.6 is 0 Å². The van der Waals surface area contributed by atoms with Crippen molar-refractivity contribution in [2.45, 2.75) is 59.4 Å². The molecule has 0 spiro atoms. The molecule has 0 aliphatic carbocycles. The number of piperazine rings is 1. The summed E-state index contributed by atoms with van der Waals surface area (Å²) in [7, 11) is 0. The van der Waals surface area contributed by atoms with E-state index in [1.807, 2.05) is 58.3 Å². The van der Waals surface area contributed by atoms with Crippen LogP contribution in [0.3, 0.4) is 0 Å². The van der Waals surface area contributed by atoms with E-state index in [-0.39, 0.29) is 18.4 Å². The van der Waals surface area contributed by atoms with Gasteiger partial charge in [0.1, 0.15) is 17.8 Å². The summed E-state index contributed by atoms with van der Waals surface area (Å²) in [4.78, 5) is 40.9. The standard InChI is InChI=1S/C32H43F3N6O4/c1-21(2)25(29(42)39-20-32(33,34)35)13-22-12-24(17-36-15-22)27-18-38-28-26(27)14-23(16-37-28)19-44-11-10-40-6-8-41(9-7-40)30(43)45-31(3,4)5/h12,14-18,21,25H,6-11,13,19-20H2,1-5H3,(H,37,38)(H,39,42)/t25-/m1/s1. The van der Waals surface area contributed by atoms with Gasteiger partial charge in [0, 0.05) is 79.9 Å². The summed E-state index contributed by atoms with van der Waals surface area (Å²) in [6.07, 6.45) is 2.48. The summed E-state index contributed by atoms with van der Waals surface area (Å²) in [5.74, 6) is -1.42. The van der Waals surface area contributed by atoms with Crippen molar-refractivity contribution in [3.63, 3.8) is 0 Å². The van der Waals surface area contributed by atoms with Crippen LogP contribution in [0.2, 0.25) is 0 Å². The monoisotopic (exact) mass is 632 g/mol. The van der Waals surface area contributed by atoms with Crippen molar-refractivity contribution in [3.05, 3.63) is 48.0 Å². The number of aromatic amines is 1. The molecule has 0 radical (unpaired) electrons. The highest BCUT2D eigenvalue weighted by Crippen LogP contribution is 2.30. The number of halogens is 3. The fourth-order valence-corrected chi connectivity index (χ4v) is 5.18. The number of hydrogen-bond donors (Lipinski definition) is 2. The number of pyridine rings is 2. The lowest BCUT2D eigenvalue weighted by atomic mass is 9.88. The van der Waals surface area contributed by atoms with Gasteiger partial charge in [-0.1, -0.05) is 13.8 Å². The summed E-state index contributed by atoms with van der Waals surface area (Å²) < 4.78 is 49.4. The van der Waals surface area contributed by atoms with Gasteiger partial charge in [0.2, 0.25) is 5.91 Å². The van der Waals surface area contributed by atoms with E-state index in [9.17, 15) is 22.8 Å². The van der Waals surface area contributed by atoms with Gasteiger partial charge < -0.3 is 24.7 Å². The van der Waals surface area contributed by atoms with Crippen LogP contribution in [0.1, 0.15) is 45.7 Å². The van der Waals surface area contributed by atoms with Crippen LogP contribution in [0, 0.1) is 11.8 Å². The Balaban J connectivity index is 1.33. The Morgan fingerprint density at radius 2 is 1.78 bits per heavy atom. The SMILES string of the molecule is CC(C)[C@@H](Cc1cncc(-c2c[nH]c3ncc(COCCN4CCN(C(=O)OC(C)(C)C)CC4)cc23)c1)C(=O)NCC(F)(F)F. The predicted octanol–water partition coefficient (Wildman–Crippen LogP) is 5.19. The summed E-state index contributed by atoms with van der Waals surface area (Å²) in [5, 5.41) is 2.90. The molecule has 13 heteroatoms. The number of carbonyl (C=O) groups excluding carboxylic acids is 2. The van der Waals surface area contributed by atoms with E-state index in [2.05, 4.69) is 19.9 Å². The number of nitrogens with zero attached hydrogens (tertiary/aromatic N) is 4. The van der Waals surface area contributed by atoms with Crippen LogP contribution in [-0.2, 0) is 27.3 Å². The van der Waals surface area contributed by atoms with E-state index in [4.69, 9.17) is 9.47 Å². The van der Waals surface area contributed by atoms with E-state index in [0.29, 0.717) is 32.0 Å². The van der Waals surface area contributed by atoms with Crippen LogP contribution in [0.25, 0.3) is 22.2 Å². The van der Waals surface area contributed by atoms with Gasteiger partial charge in [-0.15, -0.1) is 0 Å². The maximum absolute atomic E-state index is 12.7. The van der Waals surface area contributed by atoms with Gasteiger partial charge in [-0.05, 0) is 56.4 Å². The molecule has 1 saturated heterocycles. The lowest BCUT2D eigenvalue weighted by Crippen LogP contribution is -2.50. The van der Waals surface area contributed by atoms with Crippen LogP contribution < -0.4 is 5.32 Å². The third kappa shape index (κ3) is 10.1. The number of nitrogens with one attached hydrogen (secondary N) is 2. The third-order valence-corrected chi connectivity index (χ3v) is 7.60. The third-order valence-electron chi connectivity index (χ3n) is 7.60. The van der Waals surface area contributed by atoms with Crippen molar-refractivity contribution in [1.29, 1.82) is 0 Å². The molecule has 1 aliphatic rings. The minimum Gasteiger partial charge on any atom is -0.444 e. The van der Waals surface area contributed by atoms with Gasteiger partial charge in [0.25, 0.3) is 0 Å². The van der Waals surface area contributed by atoms with Crippen molar-refractivity contribution < 1.29 is 32.2 Å². The molecule has 45 heavy (non-hydrogen) atoms. The van der Waals surface area contributed by atoms with E-state index in [1.54, 1.807) is 23.5 Å². The van der Waals surface area contributed by atoms with Crippen molar-refractivity contribution >= 4 is 23.0 Å². The van der Waals surface area contributed by atoms with E-state index in [1.165, 1.54) is 0 Å². The minimum atomic E-state index is -4.47. The van der Waals surface area contributed by atoms with Crippen LogP contribution in [-0.4, -0.2) is 94.4 Å². The molecule has 4 rings (SSSR count). The number of rotatable bonds is 11. The molecule has 1 aliphatic heterocycles. The Labute approximate surface area is 261 Å². The first-order valence-corrected chi connectivity index (χ1v) is 15.2. The van der Waals surface area contributed by atoms with Crippen molar-refractivity contribution in [2.24, 2.45) is 11.8 Å². The summed E-state index contributed by atoms with van der Waals surface area (Å²) in [6, 6.07) is 3.93. The quantitative estimate of drug-likeness (QED) is 0.280. The summed E-state index contributed by atoms with van der Waals surface area (Å²) in [6.45, 7) is 12.3. The average Bonchev–Trinajstić information content (AvgIpc) is 3.39. The highest BCUT2D eigenvalue weighted by atomic mass is 19.4. The van der Waals surface area contributed by atoms with Gasteiger partial charge in [-0.2, -0.15) is 13.2 Å². The molecular weight excluding hydrogens is 589 g/mol. The first kappa shape index (κ1) is 34.2. The number of ether oxygens (including phenoxy) is 2. The molecule has 246 valence electrons. The maximum atomic E-state index is 12.7. The van der Waals surface area contributed by atoms with Crippen LogP contribution in [0.15, 0.2) is 36.9 Å². The average molecular weight is 633 g/mol. The molecule has 0 bridgehead atoms. The van der Waals surface area contributed by atoms with Crippen molar-refractivity contribution in [1.82, 2.24) is 30.1 Å². The Morgan fingerprint density at radius 1 is 1.04 bits per heavy atom. The molecule has 3 aromatic heterocycles. The Bertz CT molecular complexity index is 1440. The van der Waals surface area contributed by atoms with Gasteiger partial charge in [0.05, 0.1) is 13.2 Å². The predicted molar refractivity (Wildman–Crippen MR) is 164 cm³/mol. The molecule has 0 saturated carbocycles. The second-order valence-electron chi connectivity index (χ2n) is 12.8. The smallest absolute Gasteiger partial charge is 0.410 e. The largest absolute Gasteiger partial charge is 0.444 e. The second kappa shape index (κ2) is 14.6. The zero-order valence-corrected chi connectivity index (χ0v) is 26.5. The summed E-state index contributed by atoms with van der Waals surface area (Å²) >= 11 is 0. The first-order chi connectivity index (χ1) is 21.2. The molecule has 1 fully saturated rings. The number of aromatic nitrogens is 3. The second-order valence-corrected chi connectivity index (χ2v) is 12.8. The number of fused-ring (bicyclic) bond motifs is 1.